The number of hydrogen-bond donors (Lipinski definition) is 2. The molecule has 94 valence electrons. The zero-order valence-corrected chi connectivity index (χ0v) is 9.96. The van der Waals surface area contributed by atoms with E-state index in [0.29, 0.717) is 19.0 Å². The molecule has 0 aliphatic carbocycles. The van der Waals surface area contributed by atoms with Gasteiger partial charge in [0.05, 0.1) is 25.9 Å². The summed E-state index contributed by atoms with van der Waals surface area (Å²) in [4.78, 5) is 10.7. The summed E-state index contributed by atoms with van der Waals surface area (Å²) in [6.45, 7) is 4.71. The van der Waals surface area contributed by atoms with E-state index < -0.39 is 6.04 Å². The zero-order chi connectivity index (χ0) is 12.3. The van der Waals surface area contributed by atoms with E-state index in [4.69, 9.17) is 15.6 Å². The molecule has 6 heteroatoms. The van der Waals surface area contributed by atoms with Crippen molar-refractivity contribution in [3.05, 3.63) is 17.6 Å². The molecule has 1 aromatic rings. The SMILES string of the molecule is Cc1ncc(C(N)CO)c(N2CCOCC2)n1. The van der Waals surface area contributed by atoms with Crippen LogP contribution in [0.5, 0.6) is 0 Å². The van der Waals surface area contributed by atoms with Crippen molar-refractivity contribution in [1.82, 2.24) is 9.97 Å². The molecule has 1 saturated heterocycles. The lowest BCUT2D eigenvalue weighted by atomic mass is 10.1. The third-order valence-electron chi connectivity index (χ3n) is 2.82. The predicted molar refractivity (Wildman–Crippen MR) is 63.8 cm³/mol. The van der Waals surface area contributed by atoms with Crippen LogP contribution in [0.2, 0.25) is 0 Å². The normalized spacial score (nSPS) is 18.2. The Morgan fingerprint density at radius 3 is 2.88 bits per heavy atom. The standard InChI is InChI=1S/C11H18N4O2/c1-8-13-6-9(10(12)7-16)11(14-8)15-2-4-17-5-3-15/h6,10,16H,2-5,7,12H2,1H3. The van der Waals surface area contributed by atoms with E-state index in [1.807, 2.05) is 6.92 Å². The van der Waals surface area contributed by atoms with Crippen LogP contribution in [0.15, 0.2) is 6.20 Å². The Hall–Kier alpha value is -1.24. The maximum Gasteiger partial charge on any atom is 0.137 e. The molecule has 0 radical (unpaired) electrons. The van der Waals surface area contributed by atoms with E-state index >= 15 is 0 Å². The Balaban J connectivity index is 2.31. The van der Waals surface area contributed by atoms with Crippen molar-refractivity contribution in [2.24, 2.45) is 5.73 Å². The van der Waals surface area contributed by atoms with Crippen LogP contribution in [-0.4, -0.2) is 48.0 Å². The maximum absolute atomic E-state index is 9.16. The van der Waals surface area contributed by atoms with Crippen LogP contribution in [0.25, 0.3) is 0 Å². The number of morpholine rings is 1. The van der Waals surface area contributed by atoms with Gasteiger partial charge in [0.2, 0.25) is 0 Å². The molecular formula is C11H18N4O2. The van der Waals surface area contributed by atoms with Crippen molar-refractivity contribution in [2.75, 3.05) is 37.8 Å². The number of aromatic nitrogens is 2. The van der Waals surface area contributed by atoms with Crippen LogP contribution in [0, 0.1) is 6.92 Å². The molecule has 3 N–H and O–H groups in total. The number of aryl methyl sites for hydroxylation is 1. The number of hydrogen-bond acceptors (Lipinski definition) is 6. The largest absolute Gasteiger partial charge is 0.394 e. The first-order valence-electron chi connectivity index (χ1n) is 5.75. The zero-order valence-electron chi connectivity index (χ0n) is 9.96. The average Bonchev–Trinajstić information content (AvgIpc) is 2.39. The minimum absolute atomic E-state index is 0.107. The van der Waals surface area contributed by atoms with Crippen molar-refractivity contribution in [2.45, 2.75) is 13.0 Å². The molecule has 1 unspecified atom stereocenters. The van der Waals surface area contributed by atoms with Gasteiger partial charge in [0, 0.05) is 24.8 Å². The van der Waals surface area contributed by atoms with Gasteiger partial charge < -0.3 is 20.5 Å². The second kappa shape index (κ2) is 5.39. The molecule has 1 fully saturated rings. The molecule has 0 saturated carbocycles. The van der Waals surface area contributed by atoms with Crippen molar-refractivity contribution in [1.29, 1.82) is 0 Å². The van der Waals surface area contributed by atoms with Crippen LogP contribution in [0.3, 0.4) is 0 Å². The van der Waals surface area contributed by atoms with Crippen LogP contribution < -0.4 is 10.6 Å². The first-order chi connectivity index (χ1) is 8.22. The van der Waals surface area contributed by atoms with Gasteiger partial charge in [-0.2, -0.15) is 0 Å². The second-order valence-corrected chi connectivity index (χ2v) is 4.08. The summed E-state index contributed by atoms with van der Waals surface area (Å²) in [7, 11) is 0. The highest BCUT2D eigenvalue weighted by Gasteiger charge is 2.20. The van der Waals surface area contributed by atoms with Gasteiger partial charge in [0.25, 0.3) is 0 Å². The average molecular weight is 238 g/mol. The number of aliphatic hydroxyl groups is 1. The summed E-state index contributed by atoms with van der Waals surface area (Å²) in [6, 6.07) is -0.437. The summed E-state index contributed by atoms with van der Waals surface area (Å²) in [5.41, 5.74) is 6.66. The highest BCUT2D eigenvalue weighted by molar-refractivity contribution is 5.48. The Kier molecular flexibility index (Phi) is 3.88. The number of anilines is 1. The lowest BCUT2D eigenvalue weighted by Crippen LogP contribution is -2.38. The summed E-state index contributed by atoms with van der Waals surface area (Å²) in [6.07, 6.45) is 1.70. The molecule has 2 heterocycles. The summed E-state index contributed by atoms with van der Waals surface area (Å²) >= 11 is 0. The Bertz CT molecular complexity index is 380. The molecule has 2 rings (SSSR count). The first-order valence-corrected chi connectivity index (χ1v) is 5.75. The summed E-state index contributed by atoms with van der Waals surface area (Å²) in [5.74, 6) is 1.53. The Morgan fingerprint density at radius 2 is 2.24 bits per heavy atom. The van der Waals surface area contributed by atoms with Crippen LogP contribution in [0.1, 0.15) is 17.4 Å². The van der Waals surface area contributed by atoms with Crippen molar-refractivity contribution in [3.63, 3.8) is 0 Å². The molecule has 0 bridgehead atoms. The van der Waals surface area contributed by atoms with E-state index in [9.17, 15) is 0 Å². The molecule has 1 aromatic heterocycles. The highest BCUT2D eigenvalue weighted by atomic mass is 16.5. The van der Waals surface area contributed by atoms with Gasteiger partial charge >= 0.3 is 0 Å². The molecule has 1 aliphatic rings. The smallest absolute Gasteiger partial charge is 0.137 e. The fraction of sp³-hybridized carbons (Fsp3) is 0.636. The van der Waals surface area contributed by atoms with Crippen molar-refractivity contribution < 1.29 is 9.84 Å². The predicted octanol–water partition coefficient (Wildman–Crippen LogP) is -0.386. The van der Waals surface area contributed by atoms with Crippen molar-refractivity contribution in [3.8, 4) is 0 Å². The van der Waals surface area contributed by atoms with Crippen LogP contribution >= 0.6 is 0 Å². The van der Waals surface area contributed by atoms with E-state index in [1.165, 1.54) is 0 Å². The first kappa shape index (κ1) is 12.2. The van der Waals surface area contributed by atoms with E-state index in [-0.39, 0.29) is 6.61 Å². The fourth-order valence-corrected chi connectivity index (χ4v) is 1.86. The van der Waals surface area contributed by atoms with Gasteiger partial charge in [-0.3, -0.25) is 0 Å². The maximum atomic E-state index is 9.16. The minimum Gasteiger partial charge on any atom is -0.394 e. The lowest BCUT2D eigenvalue weighted by molar-refractivity contribution is 0.122. The number of ether oxygens (including phenoxy) is 1. The molecular weight excluding hydrogens is 220 g/mol. The summed E-state index contributed by atoms with van der Waals surface area (Å²) < 4.78 is 5.31. The van der Waals surface area contributed by atoms with E-state index in [0.717, 1.165) is 24.5 Å². The Labute approximate surface area is 100 Å². The molecule has 6 nitrogen and oxygen atoms in total. The van der Waals surface area contributed by atoms with Crippen LogP contribution in [0.4, 0.5) is 5.82 Å². The topological polar surface area (TPSA) is 84.5 Å². The van der Waals surface area contributed by atoms with Gasteiger partial charge in [0.1, 0.15) is 11.6 Å². The quantitative estimate of drug-likeness (QED) is 0.746. The second-order valence-electron chi connectivity index (χ2n) is 4.08. The van der Waals surface area contributed by atoms with Gasteiger partial charge in [-0.1, -0.05) is 0 Å². The van der Waals surface area contributed by atoms with Gasteiger partial charge in [-0.15, -0.1) is 0 Å². The minimum atomic E-state index is -0.437. The Morgan fingerprint density at radius 1 is 1.53 bits per heavy atom. The molecule has 1 aliphatic heterocycles. The third-order valence-corrected chi connectivity index (χ3v) is 2.82. The number of nitrogens with two attached hydrogens (primary N) is 1. The van der Waals surface area contributed by atoms with Gasteiger partial charge in [-0.05, 0) is 6.92 Å². The lowest BCUT2D eigenvalue weighted by Gasteiger charge is -2.30. The third kappa shape index (κ3) is 2.71. The molecule has 0 spiro atoms. The molecule has 0 aromatic carbocycles. The number of aliphatic hydroxyl groups excluding tert-OH is 1. The van der Waals surface area contributed by atoms with Gasteiger partial charge in [0.15, 0.2) is 0 Å². The molecule has 17 heavy (non-hydrogen) atoms. The molecule has 1 atom stereocenters. The number of rotatable bonds is 3. The summed E-state index contributed by atoms with van der Waals surface area (Å²) in [5, 5.41) is 9.16. The van der Waals surface area contributed by atoms with Crippen molar-refractivity contribution >= 4 is 5.82 Å². The monoisotopic (exact) mass is 238 g/mol. The van der Waals surface area contributed by atoms with Gasteiger partial charge in [-0.25, -0.2) is 9.97 Å². The molecule has 0 amide bonds. The number of nitrogens with zero attached hydrogens (tertiary/aromatic N) is 3. The van der Waals surface area contributed by atoms with Crippen LogP contribution in [-0.2, 0) is 4.74 Å². The van der Waals surface area contributed by atoms with E-state index in [1.54, 1.807) is 6.20 Å². The highest BCUT2D eigenvalue weighted by Crippen LogP contribution is 2.23. The van der Waals surface area contributed by atoms with E-state index in [2.05, 4.69) is 14.9 Å². The fourth-order valence-electron chi connectivity index (χ4n) is 1.86.